The molecule has 0 aliphatic carbocycles. The van der Waals surface area contributed by atoms with Gasteiger partial charge in [0.05, 0.1) is 0 Å². The molecule has 5 nitrogen and oxygen atoms in total. The van der Waals surface area contributed by atoms with Crippen molar-refractivity contribution in [2.24, 2.45) is 0 Å². The maximum atomic E-state index is 5.38. The molecule has 0 unspecified atom stereocenters. The molecular formula is C7H8N4O. The second-order valence-corrected chi connectivity index (χ2v) is 1.92. The molecule has 62 valence electrons. The summed E-state index contributed by atoms with van der Waals surface area (Å²) in [5.74, 6) is 3.15. The van der Waals surface area contributed by atoms with Crippen LogP contribution in [0.3, 0.4) is 0 Å². The van der Waals surface area contributed by atoms with Gasteiger partial charge in [0, 0.05) is 6.07 Å². The first-order valence-electron chi connectivity index (χ1n) is 3.21. The molecule has 0 fully saturated rings. The summed E-state index contributed by atoms with van der Waals surface area (Å²) >= 11 is 0. The van der Waals surface area contributed by atoms with Gasteiger partial charge >= 0.3 is 0 Å². The van der Waals surface area contributed by atoms with E-state index < -0.39 is 0 Å². The fraction of sp³-hybridized carbons (Fsp3) is 0.143. The van der Waals surface area contributed by atoms with Crippen LogP contribution < -0.4 is 11.2 Å². The average Bonchev–Trinajstić information content (AvgIpc) is 2.05. The number of nitrogens with one attached hydrogen (secondary N) is 1. The highest BCUT2D eigenvalue weighted by Gasteiger charge is 1.92. The zero-order valence-corrected chi connectivity index (χ0v) is 6.32. The Bertz CT molecular complexity index is 294. The van der Waals surface area contributed by atoms with Gasteiger partial charge in [0.1, 0.15) is 18.8 Å². The van der Waals surface area contributed by atoms with Crippen molar-refractivity contribution in [3.05, 3.63) is 12.4 Å². The molecule has 1 heterocycles. The van der Waals surface area contributed by atoms with E-state index in [0.717, 1.165) is 0 Å². The monoisotopic (exact) mass is 164 g/mol. The fourth-order valence-electron chi connectivity index (χ4n) is 0.580. The first-order chi connectivity index (χ1) is 5.83. The Hall–Kier alpha value is -1.80. The van der Waals surface area contributed by atoms with Gasteiger partial charge in [0.25, 0.3) is 0 Å². The molecular weight excluding hydrogens is 156 g/mol. The van der Waals surface area contributed by atoms with Crippen molar-refractivity contribution in [1.82, 2.24) is 9.97 Å². The SMILES string of the molecule is C#CCONc1cc(N)ncn1. The second kappa shape index (κ2) is 4.16. The number of aromatic nitrogens is 2. The molecule has 3 N–H and O–H groups in total. The molecule has 0 spiro atoms. The number of hydrogen-bond donors (Lipinski definition) is 2. The predicted molar refractivity (Wildman–Crippen MR) is 44.9 cm³/mol. The first-order valence-corrected chi connectivity index (χ1v) is 3.21. The summed E-state index contributed by atoms with van der Waals surface area (Å²) in [5.41, 5.74) is 7.89. The molecule has 0 radical (unpaired) electrons. The van der Waals surface area contributed by atoms with Gasteiger partial charge in [-0.3, -0.25) is 4.84 Å². The molecule has 0 saturated heterocycles. The summed E-state index contributed by atoms with van der Waals surface area (Å²) in [6, 6.07) is 1.54. The largest absolute Gasteiger partial charge is 0.384 e. The molecule has 1 aromatic heterocycles. The van der Waals surface area contributed by atoms with Crippen LogP contribution in [0.2, 0.25) is 0 Å². The summed E-state index contributed by atoms with van der Waals surface area (Å²) in [7, 11) is 0. The van der Waals surface area contributed by atoms with Gasteiger partial charge in [-0.2, -0.15) is 0 Å². The average molecular weight is 164 g/mol. The second-order valence-electron chi connectivity index (χ2n) is 1.92. The number of nitrogens with zero attached hydrogens (tertiary/aromatic N) is 2. The van der Waals surface area contributed by atoms with Crippen molar-refractivity contribution in [3.63, 3.8) is 0 Å². The Balaban J connectivity index is 2.48. The van der Waals surface area contributed by atoms with Crippen molar-refractivity contribution < 1.29 is 4.84 Å². The van der Waals surface area contributed by atoms with Crippen LogP contribution in [0.25, 0.3) is 0 Å². The van der Waals surface area contributed by atoms with Gasteiger partial charge in [-0.1, -0.05) is 5.92 Å². The molecule has 0 aliphatic heterocycles. The Morgan fingerprint density at radius 3 is 3.17 bits per heavy atom. The smallest absolute Gasteiger partial charge is 0.155 e. The van der Waals surface area contributed by atoms with E-state index in [1.54, 1.807) is 0 Å². The van der Waals surface area contributed by atoms with E-state index in [1.807, 2.05) is 0 Å². The third-order valence-electron chi connectivity index (χ3n) is 1.02. The van der Waals surface area contributed by atoms with Gasteiger partial charge in [-0.25, -0.2) is 15.4 Å². The minimum atomic E-state index is 0.171. The van der Waals surface area contributed by atoms with E-state index in [1.165, 1.54) is 12.4 Å². The third kappa shape index (κ3) is 2.44. The predicted octanol–water partition coefficient (Wildman–Crippen LogP) is 0.0355. The number of hydrogen-bond acceptors (Lipinski definition) is 5. The standard InChI is InChI=1S/C7H8N4O/c1-2-3-12-11-7-4-6(8)9-5-10-7/h1,4-5H,3H2,(H3,8,9,10,11). The lowest BCUT2D eigenvalue weighted by molar-refractivity contribution is 0.232. The minimum absolute atomic E-state index is 0.171. The van der Waals surface area contributed by atoms with E-state index in [9.17, 15) is 0 Å². The van der Waals surface area contributed by atoms with Crippen LogP contribution in [-0.2, 0) is 4.84 Å². The van der Waals surface area contributed by atoms with E-state index >= 15 is 0 Å². The topological polar surface area (TPSA) is 73.1 Å². The lowest BCUT2D eigenvalue weighted by Crippen LogP contribution is -2.04. The Labute approximate surface area is 69.9 Å². The normalized spacial score (nSPS) is 8.92. The number of anilines is 2. The molecule has 0 saturated carbocycles. The van der Waals surface area contributed by atoms with E-state index in [4.69, 9.17) is 17.0 Å². The fourth-order valence-corrected chi connectivity index (χ4v) is 0.580. The number of nitrogen functional groups attached to an aromatic ring is 1. The van der Waals surface area contributed by atoms with Crippen molar-refractivity contribution >= 4 is 11.6 Å². The van der Waals surface area contributed by atoms with Gasteiger partial charge in [0.15, 0.2) is 5.82 Å². The van der Waals surface area contributed by atoms with Gasteiger partial charge in [0.2, 0.25) is 0 Å². The van der Waals surface area contributed by atoms with Gasteiger partial charge in [-0.15, -0.1) is 6.42 Å². The lowest BCUT2D eigenvalue weighted by atomic mass is 10.5. The summed E-state index contributed by atoms with van der Waals surface area (Å²) < 4.78 is 0. The maximum absolute atomic E-state index is 5.38. The molecule has 0 bridgehead atoms. The zero-order chi connectivity index (χ0) is 8.81. The Morgan fingerprint density at radius 2 is 2.50 bits per heavy atom. The van der Waals surface area contributed by atoms with Crippen molar-refractivity contribution in [1.29, 1.82) is 0 Å². The highest BCUT2D eigenvalue weighted by Crippen LogP contribution is 2.03. The number of rotatable bonds is 3. The Morgan fingerprint density at radius 1 is 1.67 bits per heavy atom. The van der Waals surface area contributed by atoms with Gasteiger partial charge in [-0.05, 0) is 0 Å². The highest BCUT2D eigenvalue weighted by molar-refractivity contribution is 5.41. The van der Waals surface area contributed by atoms with Crippen LogP contribution in [0.5, 0.6) is 0 Å². The summed E-state index contributed by atoms with van der Waals surface area (Å²) in [6.45, 7) is 0.171. The van der Waals surface area contributed by atoms with Crippen molar-refractivity contribution in [2.75, 3.05) is 17.8 Å². The summed E-state index contributed by atoms with van der Waals surface area (Å²) in [6.07, 6.45) is 6.28. The zero-order valence-electron chi connectivity index (χ0n) is 6.32. The van der Waals surface area contributed by atoms with Crippen LogP contribution in [0.15, 0.2) is 12.4 Å². The van der Waals surface area contributed by atoms with Crippen LogP contribution >= 0.6 is 0 Å². The van der Waals surface area contributed by atoms with Crippen molar-refractivity contribution in [3.8, 4) is 12.3 Å². The minimum Gasteiger partial charge on any atom is -0.384 e. The molecule has 12 heavy (non-hydrogen) atoms. The van der Waals surface area contributed by atoms with E-state index in [-0.39, 0.29) is 6.61 Å². The highest BCUT2D eigenvalue weighted by atomic mass is 16.6. The molecule has 0 atom stereocenters. The molecule has 5 heteroatoms. The van der Waals surface area contributed by atoms with Crippen molar-refractivity contribution in [2.45, 2.75) is 0 Å². The molecule has 0 amide bonds. The van der Waals surface area contributed by atoms with Gasteiger partial charge < -0.3 is 5.73 Å². The molecule has 0 aliphatic rings. The maximum Gasteiger partial charge on any atom is 0.155 e. The van der Waals surface area contributed by atoms with Crippen LogP contribution in [0, 0.1) is 12.3 Å². The third-order valence-corrected chi connectivity index (χ3v) is 1.02. The molecule has 1 aromatic rings. The quantitative estimate of drug-likeness (QED) is 0.374. The number of terminal acetylenes is 1. The van der Waals surface area contributed by atoms with E-state index in [2.05, 4.69) is 21.4 Å². The van der Waals surface area contributed by atoms with E-state index in [0.29, 0.717) is 11.6 Å². The summed E-state index contributed by atoms with van der Waals surface area (Å²) in [4.78, 5) is 12.3. The lowest BCUT2D eigenvalue weighted by Gasteiger charge is -2.02. The van der Waals surface area contributed by atoms with Crippen LogP contribution in [-0.4, -0.2) is 16.6 Å². The molecule has 0 aromatic carbocycles. The van der Waals surface area contributed by atoms with Crippen LogP contribution in [0.1, 0.15) is 0 Å². The summed E-state index contributed by atoms with van der Waals surface area (Å²) in [5, 5.41) is 0. The first kappa shape index (κ1) is 8.30. The molecule has 1 rings (SSSR count). The van der Waals surface area contributed by atoms with Crippen LogP contribution in [0.4, 0.5) is 11.6 Å². The Kier molecular flexibility index (Phi) is 2.87. The number of nitrogens with two attached hydrogens (primary N) is 1.